The van der Waals surface area contributed by atoms with Crippen molar-refractivity contribution >= 4 is 0 Å². The molecule has 2 bridgehead atoms. The first-order chi connectivity index (χ1) is 4.90. The predicted octanol–water partition coefficient (Wildman–Crippen LogP) is 2.34. The molecule has 0 amide bonds. The van der Waals surface area contributed by atoms with Gasteiger partial charge in [0.05, 0.1) is 13.4 Å². The Balaban J connectivity index is 2.08. The van der Waals surface area contributed by atoms with Crippen LogP contribution in [0.4, 0.5) is 0 Å². The molecule has 2 aliphatic rings. The Morgan fingerprint density at radius 3 is 2.90 bits per heavy atom. The molecule has 2 rings (SSSR count). The highest BCUT2D eigenvalue weighted by atomic mass is 16.5. The summed E-state index contributed by atoms with van der Waals surface area (Å²) in [5.41, 5.74) is 1.57. The van der Waals surface area contributed by atoms with Crippen LogP contribution in [0.25, 0.3) is 0 Å². The van der Waals surface area contributed by atoms with Gasteiger partial charge >= 0.3 is 0 Å². The first-order valence-electron chi connectivity index (χ1n) is 4.12. The van der Waals surface area contributed by atoms with Crippen LogP contribution in [0.2, 0.25) is 0 Å². The fourth-order valence-electron chi connectivity index (χ4n) is 2.39. The van der Waals surface area contributed by atoms with Crippen LogP contribution in [0.15, 0.2) is 11.8 Å². The van der Waals surface area contributed by atoms with Crippen molar-refractivity contribution in [3.63, 3.8) is 0 Å². The molecule has 0 spiro atoms. The Hall–Kier alpha value is -0.460. The average Bonchev–Trinajstić information content (AvgIpc) is 2.48. The highest BCUT2D eigenvalue weighted by molar-refractivity contribution is 5.14. The number of allylic oxidation sites excluding steroid dienone is 1. The lowest BCUT2D eigenvalue weighted by Gasteiger charge is -2.11. The van der Waals surface area contributed by atoms with Gasteiger partial charge in [0.25, 0.3) is 0 Å². The predicted molar refractivity (Wildman–Crippen MR) is 40.5 cm³/mol. The van der Waals surface area contributed by atoms with Gasteiger partial charge in [-0.2, -0.15) is 0 Å². The Bertz CT molecular complexity index is 160. The molecule has 0 aliphatic heterocycles. The minimum Gasteiger partial charge on any atom is -0.504 e. The zero-order valence-electron chi connectivity index (χ0n) is 6.47. The monoisotopic (exact) mass is 138 g/mol. The fourth-order valence-corrected chi connectivity index (χ4v) is 2.39. The normalized spacial score (nSPS) is 41.1. The molecule has 1 heteroatoms. The minimum atomic E-state index is 0.893. The van der Waals surface area contributed by atoms with E-state index in [4.69, 9.17) is 4.74 Å². The van der Waals surface area contributed by atoms with Crippen molar-refractivity contribution < 1.29 is 4.74 Å². The van der Waals surface area contributed by atoms with Gasteiger partial charge in [-0.1, -0.05) is 0 Å². The van der Waals surface area contributed by atoms with Crippen molar-refractivity contribution in [2.45, 2.75) is 25.7 Å². The number of hydrogen-bond donors (Lipinski definition) is 0. The van der Waals surface area contributed by atoms with Crippen LogP contribution in [0.5, 0.6) is 0 Å². The second kappa shape index (κ2) is 2.30. The Morgan fingerprint density at radius 2 is 2.40 bits per heavy atom. The summed E-state index contributed by atoms with van der Waals surface area (Å²) in [6.07, 6.45) is 7.60. The third-order valence-electron chi connectivity index (χ3n) is 2.86. The Kier molecular flexibility index (Phi) is 1.44. The maximum absolute atomic E-state index is 5.02. The van der Waals surface area contributed by atoms with Crippen molar-refractivity contribution in [3.05, 3.63) is 11.8 Å². The molecule has 0 aromatic carbocycles. The van der Waals surface area contributed by atoms with Crippen LogP contribution in [0.1, 0.15) is 25.7 Å². The molecule has 0 radical (unpaired) electrons. The molecule has 10 heavy (non-hydrogen) atoms. The van der Waals surface area contributed by atoms with Gasteiger partial charge in [0.2, 0.25) is 0 Å². The van der Waals surface area contributed by atoms with E-state index in [-0.39, 0.29) is 0 Å². The van der Waals surface area contributed by atoms with Gasteiger partial charge in [-0.3, -0.25) is 0 Å². The lowest BCUT2D eigenvalue weighted by molar-refractivity contribution is 0.327. The molecule has 2 unspecified atom stereocenters. The standard InChI is InChI=1S/C9H14O/c1-10-6-9-5-7-2-3-8(9)4-7/h6-8H,2-5H2,1H3/b9-6+. The van der Waals surface area contributed by atoms with Gasteiger partial charge in [-0.15, -0.1) is 0 Å². The van der Waals surface area contributed by atoms with E-state index < -0.39 is 0 Å². The minimum absolute atomic E-state index is 0.893. The van der Waals surface area contributed by atoms with Crippen LogP contribution in [0.3, 0.4) is 0 Å². The molecule has 0 heterocycles. The van der Waals surface area contributed by atoms with Gasteiger partial charge in [-0.25, -0.2) is 0 Å². The van der Waals surface area contributed by atoms with Crippen LogP contribution < -0.4 is 0 Å². The van der Waals surface area contributed by atoms with Crippen molar-refractivity contribution in [2.24, 2.45) is 11.8 Å². The molecular formula is C9H14O. The first-order valence-corrected chi connectivity index (χ1v) is 4.12. The van der Waals surface area contributed by atoms with Crippen LogP contribution in [-0.4, -0.2) is 7.11 Å². The molecule has 2 atom stereocenters. The quantitative estimate of drug-likeness (QED) is 0.505. The largest absolute Gasteiger partial charge is 0.504 e. The third-order valence-corrected chi connectivity index (χ3v) is 2.86. The van der Waals surface area contributed by atoms with Crippen molar-refractivity contribution in [1.82, 2.24) is 0 Å². The summed E-state index contributed by atoms with van der Waals surface area (Å²) < 4.78 is 5.02. The van der Waals surface area contributed by atoms with Crippen molar-refractivity contribution in [3.8, 4) is 0 Å². The summed E-state index contributed by atoms with van der Waals surface area (Å²) >= 11 is 0. The first kappa shape index (κ1) is 6.26. The molecule has 0 saturated heterocycles. The van der Waals surface area contributed by atoms with Gasteiger partial charge in [0.15, 0.2) is 0 Å². The molecule has 2 saturated carbocycles. The second-order valence-corrected chi connectivity index (χ2v) is 3.51. The molecule has 56 valence electrons. The lowest BCUT2D eigenvalue weighted by atomic mass is 9.96. The summed E-state index contributed by atoms with van der Waals surface area (Å²) in [5.74, 6) is 1.90. The topological polar surface area (TPSA) is 9.23 Å². The molecule has 1 nitrogen and oxygen atoms in total. The number of ether oxygens (including phenoxy) is 1. The molecule has 2 fully saturated rings. The second-order valence-electron chi connectivity index (χ2n) is 3.51. The average molecular weight is 138 g/mol. The molecule has 2 aliphatic carbocycles. The van der Waals surface area contributed by atoms with Gasteiger partial charge < -0.3 is 4.74 Å². The molecule has 0 aromatic rings. The van der Waals surface area contributed by atoms with Gasteiger partial charge in [0.1, 0.15) is 0 Å². The van der Waals surface area contributed by atoms with E-state index in [9.17, 15) is 0 Å². The maximum atomic E-state index is 5.02. The lowest BCUT2D eigenvalue weighted by Crippen LogP contribution is -1.97. The summed E-state index contributed by atoms with van der Waals surface area (Å²) in [5, 5.41) is 0. The number of hydrogen-bond acceptors (Lipinski definition) is 1. The number of fused-ring (bicyclic) bond motifs is 2. The van der Waals surface area contributed by atoms with E-state index in [2.05, 4.69) is 0 Å². The van der Waals surface area contributed by atoms with Crippen molar-refractivity contribution in [2.75, 3.05) is 7.11 Å². The smallest absolute Gasteiger partial charge is 0.0819 e. The van der Waals surface area contributed by atoms with E-state index in [1.54, 1.807) is 12.7 Å². The zero-order chi connectivity index (χ0) is 6.97. The van der Waals surface area contributed by atoms with Gasteiger partial charge in [0, 0.05) is 0 Å². The van der Waals surface area contributed by atoms with Crippen LogP contribution in [0, 0.1) is 11.8 Å². The molecule has 0 N–H and O–H groups in total. The molecule has 0 aromatic heterocycles. The number of rotatable bonds is 1. The zero-order valence-corrected chi connectivity index (χ0v) is 6.47. The Morgan fingerprint density at radius 1 is 1.50 bits per heavy atom. The summed E-state index contributed by atoms with van der Waals surface area (Å²) in [4.78, 5) is 0. The Labute approximate surface area is 62.1 Å². The maximum Gasteiger partial charge on any atom is 0.0819 e. The van der Waals surface area contributed by atoms with E-state index in [0.29, 0.717) is 0 Å². The summed E-state index contributed by atoms with van der Waals surface area (Å²) in [6.45, 7) is 0. The van der Waals surface area contributed by atoms with Crippen LogP contribution in [-0.2, 0) is 4.74 Å². The summed E-state index contributed by atoms with van der Waals surface area (Å²) in [7, 11) is 1.75. The molecular weight excluding hydrogens is 124 g/mol. The van der Waals surface area contributed by atoms with E-state index in [1.165, 1.54) is 25.7 Å². The van der Waals surface area contributed by atoms with E-state index in [1.807, 2.05) is 6.26 Å². The fraction of sp³-hybridized carbons (Fsp3) is 0.778. The van der Waals surface area contributed by atoms with E-state index >= 15 is 0 Å². The SMILES string of the molecule is CO/C=C1\CC2CCC1C2. The van der Waals surface area contributed by atoms with Crippen LogP contribution >= 0.6 is 0 Å². The third kappa shape index (κ3) is 0.845. The van der Waals surface area contributed by atoms with Crippen molar-refractivity contribution in [1.29, 1.82) is 0 Å². The highest BCUT2D eigenvalue weighted by Crippen LogP contribution is 2.47. The summed E-state index contributed by atoms with van der Waals surface area (Å²) in [6, 6.07) is 0. The van der Waals surface area contributed by atoms with Gasteiger partial charge in [-0.05, 0) is 43.1 Å². The number of methoxy groups -OCH3 is 1. The van der Waals surface area contributed by atoms with E-state index in [0.717, 1.165) is 11.8 Å². The highest BCUT2D eigenvalue weighted by Gasteiger charge is 2.35.